The zero-order chi connectivity index (χ0) is 28.8. The van der Waals surface area contributed by atoms with E-state index < -0.39 is 12.1 Å². The highest BCUT2D eigenvalue weighted by Gasteiger charge is 2.36. The first-order chi connectivity index (χ1) is 20.0. The molecular weight excluding hydrogens is 550 g/mol. The van der Waals surface area contributed by atoms with Gasteiger partial charge in [0.2, 0.25) is 0 Å². The fourth-order valence-electron chi connectivity index (χ4n) is 4.91. The maximum atomic E-state index is 13.5. The molecule has 41 heavy (non-hydrogen) atoms. The summed E-state index contributed by atoms with van der Waals surface area (Å²) < 4.78 is 22.0. The quantitative estimate of drug-likeness (QED) is 0.172. The summed E-state index contributed by atoms with van der Waals surface area (Å²) in [5.41, 5.74) is 4.15. The fourth-order valence-corrected chi connectivity index (χ4v) is 5.09. The molecule has 5 rings (SSSR count). The SMILES string of the molecule is COCCOCCOc1ccc(C2c3[nH]c4ccc(Cl)cc4c3CCN2C(=O)Oc2ccc([N+](=O)OC)cc2)cc1. The molecule has 0 saturated carbocycles. The van der Waals surface area contributed by atoms with Crippen LogP contribution in [0.1, 0.15) is 22.9 Å². The van der Waals surface area contributed by atoms with Gasteiger partial charge in [-0.1, -0.05) is 23.7 Å². The Kier molecular flexibility index (Phi) is 9.03. The lowest BCUT2D eigenvalue weighted by Crippen LogP contribution is -2.42. The first kappa shape index (κ1) is 28.4. The summed E-state index contributed by atoms with van der Waals surface area (Å²) in [4.78, 5) is 35.5. The Labute approximate surface area is 242 Å². The van der Waals surface area contributed by atoms with Crippen molar-refractivity contribution in [2.45, 2.75) is 12.5 Å². The van der Waals surface area contributed by atoms with Crippen molar-refractivity contribution in [1.29, 1.82) is 0 Å². The minimum Gasteiger partial charge on any atom is -0.491 e. The zero-order valence-corrected chi connectivity index (χ0v) is 23.6. The number of fused-ring (bicyclic) bond motifs is 3. The van der Waals surface area contributed by atoms with Crippen LogP contribution in [0.2, 0.25) is 5.02 Å². The molecule has 0 aliphatic carbocycles. The van der Waals surface area contributed by atoms with Crippen LogP contribution in [-0.2, 0) is 20.7 Å². The van der Waals surface area contributed by atoms with Gasteiger partial charge in [0.15, 0.2) is 7.11 Å². The molecule has 0 saturated heterocycles. The summed E-state index contributed by atoms with van der Waals surface area (Å²) in [6.07, 6.45) is 0.119. The van der Waals surface area contributed by atoms with Gasteiger partial charge in [0.25, 0.3) is 4.92 Å². The van der Waals surface area contributed by atoms with Crippen LogP contribution in [0, 0.1) is 4.91 Å². The molecule has 0 radical (unpaired) electrons. The lowest BCUT2D eigenvalue weighted by molar-refractivity contribution is -0.736. The van der Waals surface area contributed by atoms with E-state index in [2.05, 4.69) is 9.82 Å². The van der Waals surface area contributed by atoms with Crippen LogP contribution in [0.5, 0.6) is 11.5 Å². The predicted octanol–water partition coefficient (Wildman–Crippen LogP) is 5.98. The molecular formula is C30H31ClN3O7+. The standard InChI is InChI=1S/C30H31ClN3O7/c1-37-15-16-39-17-18-40-23-8-3-20(4-9-23)29-28-25(26-19-21(31)5-12-27(26)32-28)13-14-33(29)30(35)41-24-10-6-22(7-11-24)34(36)38-2/h3-12,19,29,32H,13-18H2,1-2H3/q+1. The third-order valence-corrected chi connectivity index (χ3v) is 7.10. The van der Waals surface area contributed by atoms with E-state index >= 15 is 0 Å². The Morgan fingerprint density at radius 2 is 1.71 bits per heavy atom. The van der Waals surface area contributed by atoms with Gasteiger partial charge in [0, 0.05) is 47.4 Å². The Balaban J connectivity index is 1.39. The van der Waals surface area contributed by atoms with Crippen LogP contribution >= 0.6 is 11.6 Å². The Bertz CT molecular complexity index is 1510. The average Bonchev–Trinajstić information content (AvgIpc) is 3.36. The third-order valence-electron chi connectivity index (χ3n) is 6.87. The highest BCUT2D eigenvalue weighted by Crippen LogP contribution is 2.40. The molecule has 214 valence electrons. The van der Waals surface area contributed by atoms with Gasteiger partial charge in [-0.3, -0.25) is 4.90 Å². The van der Waals surface area contributed by atoms with E-state index in [1.54, 1.807) is 24.1 Å². The number of carbonyl (C=O) groups is 1. The van der Waals surface area contributed by atoms with Crippen molar-refractivity contribution >= 4 is 34.3 Å². The van der Waals surface area contributed by atoms with Crippen LogP contribution < -0.4 is 9.47 Å². The molecule has 0 spiro atoms. The number of methoxy groups -OCH3 is 1. The lowest BCUT2D eigenvalue weighted by Gasteiger charge is -2.35. The molecule has 1 N–H and O–H groups in total. The minimum absolute atomic E-state index is 0.286. The second kappa shape index (κ2) is 13.0. The molecule has 1 aliphatic rings. The molecule has 11 heteroatoms. The van der Waals surface area contributed by atoms with Crippen LogP contribution in [0.3, 0.4) is 0 Å². The number of carbonyl (C=O) groups excluding carboxylic acids is 1. The minimum atomic E-state index is -0.510. The summed E-state index contributed by atoms with van der Waals surface area (Å²) in [5.74, 6) is 1.01. The molecule has 1 unspecified atom stereocenters. The number of hydrogen-bond donors (Lipinski definition) is 1. The zero-order valence-electron chi connectivity index (χ0n) is 22.8. The summed E-state index contributed by atoms with van der Waals surface area (Å²) in [7, 11) is 2.91. The number of amides is 1. The van der Waals surface area contributed by atoms with Crippen LogP contribution in [0.4, 0.5) is 10.5 Å². The Morgan fingerprint density at radius 1 is 0.976 bits per heavy atom. The van der Waals surface area contributed by atoms with Gasteiger partial charge >= 0.3 is 11.8 Å². The lowest BCUT2D eigenvalue weighted by atomic mass is 9.92. The molecule has 0 fully saturated rings. The first-order valence-corrected chi connectivity index (χ1v) is 13.6. The Morgan fingerprint density at radius 3 is 2.44 bits per heavy atom. The van der Waals surface area contributed by atoms with Crippen molar-refractivity contribution in [1.82, 2.24) is 9.88 Å². The van der Waals surface area contributed by atoms with Crippen LogP contribution in [0.15, 0.2) is 66.7 Å². The van der Waals surface area contributed by atoms with Gasteiger partial charge in [0.1, 0.15) is 24.1 Å². The van der Waals surface area contributed by atoms with Crippen molar-refractivity contribution in [2.75, 3.05) is 47.2 Å². The van der Waals surface area contributed by atoms with Gasteiger partial charge in [-0.2, -0.15) is 0 Å². The number of nitrogens with one attached hydrogen (secondary N) is 1. The number of aromatic amines is 1. The summed E-state index contributed by atoms with van der Waals surface area (Å²) in [6, 6.07) is 19.1. The fraction of sp³-hybridized carbons (Fsp3) is 0.300. The number of hydrogen-bond acceptors (Lipinski definition) is 7. The van der Waals surface area contributed by atoms with E-state index in [4.69, 9.17) is 30.5 Å². The van der Waals surface area contributed by atoms with Crippen molar-refractivity contribution in [2.24, 2.45) is 0 Å². The van der Waals surface area contributed by atoms with E-state index in [1.165, 1.54) is 19.2 Å². The molecule has 4 aromatic rings. The van der Waals surface area contributed by atoms with Crippen molar-refractivity contribution in [3.05, 3.63) is 93.5 Å². The number of benzene rings is 3. The van der Waals surface area contributed by atoms with Crippen molar-refractivity contribution in [3.8, 4) is 11.5 Å². The molecule has 10 nitrogen and oxygen atoms in total. The number of aromatic nitrogens is 1. The van der Waals surface area contributed by atoms with Crippen molar-refractivity contribution < 1.29 is 33.5 Å². The van der Waals surface area contributed by atoms with E-state index in [9.17, 15) is 9.70 Å². The van der Waals surface area contributed by atoms with Gasteiger partial charge in [0.05, 0.1) is 24.7 Å². The van der Waals surface area contributed by atoms with Crippen LogP contribution in [0.25, 0.3) is 10.9 Å². The number of ether oxygens (including phenoxy) is 4. The smallest absolute Gasteiger partial charge is 0.416 e. The Hall–Kier alpha value is -4.12. The van der Waals surface area contributed by atoms with Gasteiger partial charge in [-0.05, 0) is 60.0 Å². The van der Waals surface area contributed by atoms with Gasteiger partial charge in [-0.25, -0.2) is 9.63 Å². The number of halogens is 1. The van der Waals surface area contributed by atoms with E-state index in [-0.39, 0.29) is 5.69 Å². The molecule has 2 heterocycles. The normalized spacial score (nSPS) is 14.5. The number of nitrogens with zero attached hydrogens (tertiary/aromatic N) is 2. The van der Waals surface area contributed by atoms with Gasteiger partial charge in [-0.15, -0.1) is 0 Å². The van der Waals surface area contributed by atoms with Crippen molar-refractivity contribution in [3.63, 3.8) is 0 Å². The highest BCUT2D eigenvalue weighted by molar-refractivity contribution is 6.31. The molecule has 3 aromatic carbocycles. The predicted molar refractivity (Wildman–Crippen MR) is 153 cm³/mol. The largest absolute Gasteiger partial charge is 0.491 e. The maximum Gasteiger partial charge on any atom is 0.416 e. The highest BCUT2D eigenvalue weighted by atomic mass is 35.5. The monoisotopic (exact) mass is 580 g/mol. The third kappa shape index (κ3) is 6.45. The molecule has 1 atom stereocenters. The van der Waals surface area contributed by atoms with Gasteiger partial charge < -0.3 is 23.9 Å². The average molecular weight is 581 g/mol. The summed E-state index contributed by atoms with van der Waals surface area (Å²) >= 11 is 6.32. The second-order valence-electron chi connectivity index (χ2n) is 9.38. The van der Waals surface area contributed by atoms with E-state index in [0.717, 1.165) is 27.7 Å². The maximum absolute atomic E-state index is 13.5. The molecule has 1 aromatic heterocycles. The van der Waals surface area contributed by atoms with E-state index in [1.807, 2.05) is 42.5 Å². The topological polar surface area (TPSA) is 102 Å². The summed E-state index contributed by atoms with van der Waals surface area (Å²) in [6.45, 7) is 2.34. The molecule has 1 aliphatic heterocycles. The van der Waals surface area contributed by atoms with E-state index in [0.29, 0.717) is 60.8 Å². The summed E-state index contributed by atoms with van der Waals surface area (Å²) in [5, 5.41) is 1.69. The van der Waals surface area contributed by atoms with Crippen LogP contribution in [-0.4, -0.2) is 68.1 Å². The first-order valence-electron chi connectivity index (χ1n) is 13.2. The number of rotatable bonds is 11. The molecule has 1 amide bonds. The molecule has 0 bridgehead atoms. The number of H-pyrrole nitrogens is 1. The second-order valence-corrected chi connectivity index (χ2v) is 9.81.